The molecule has 0 saturated carbocycles. The van der Waals surface area contributed by atoms with E-state index in [9.17, 15) is 17.6 Å². The maximum Gasteiger partial charge on any atom is 0.319 e. The largest absolute Gasteiger partial charge is 0.489 e. The summed E-state index contributed by atoms with van der Waals surface area (Å²) in [7, 11) is -1.45. The normalized spacial score (nSPS) is 17.8. The average molecular weight is 488 g/mol. The molecule has 1 aliphatic heterocycles. The lowest BCUT2D eigenvalue weighted by atomic mass is 10.1. The van der Waals surface area contributed by atoms with Gasteiger partial charge in [0.2, 0.25) is 10.0 Å². The summed E-state index contributed by atoms with van der Waals surface area (Å²) in [6.45, 7) is 6.05. The first-order valence-corrected chi connectivity index (χ1v) is 13.4. The number of hydrogen-bond acceptors (Lipinski definition) is 7. The fourth-order valence-electron chi connectivity index (χ4n) is 3.79. The third-order valence-electron chi connectivity index (χ3n) is 5.76. The van der Waals surface area contributed by atoms with Crippen molar-refractivity contribution in [2.75, 3.05) is 45.6 Å². The molecule has 1 aromatic carbocycles. The standard InChI is InChI=1S/C23H38FN3O5S/c1-4-31-23(28)16-25-12-6-5-7-14-33(29,30)26-18(2)19-10-11-21(24)22(15-19)32-17-20-9-8-13-27(20)3/h10-11,15,18,20,25-26H,4-9,12-14,16-17H2,1-3H3/t18-,20+/m1/s1. The average Bonchev–Trinajstić information content (AvgIpc) is 3.17. The van der Waals surface area contributed by atoms with Crippen molar-refractivity contribution in [3.8, 4) is 5.75 Å². The molecule has 33 heavy (non-hydrogen) atoms. The van der Waals surface area contributed by atoms with Crippen LogP contribution in [-0.2, 0) is 19.6 Å². The molecule has 1 saturated heterocycles. The molecule has 2 N–H and O–H groups in total. The second-order valence-corrected chi connectivity index (χ2v) is 10.4. The van der Waals surface area contributed by atoms with Crippen LogP contribution < -0.4 is 14.8 Å². The highest BCUT2D eigenvalue weighted by Crippen LogP contribution is 2.25. The Balaban J connectivity index is 1.74. The zero-order valence-corrected chi connectivity index (χ0v) is 20.8. The molecule has 10 heteroatoms. The third-order valence-corrected chi connectivity index (χ3v) is 7.29. The predicted octanol–water partition coefficient (Wildman–Crippen LogP) is 2.60. The number of benzene rings is 1. The van der Waals surface area contributed by atoms with Crippen molar-refractivity contribution < 1.29 is 27.1 Å². The monoisotopic (exact) mass is 487 g/mol. The number of nitrogens with one attached hydrogen (secondary N) is 2. The number of carbonyl (C=O) groups excluding carboxylic acids is 1. The molecule has 1 aliphatic rings. The summed E-state index contributed by atoms with van der Waals surface area (Å²) in [6, 6.07) is 4.23. The maximum atomic E-state index is 14.2. The van der Waals surface area contributed by atoms with Crippen LogP contribution >= 0.6 is 0 Å². The number of nitrogens with zero attached hydrogens (tertiary/aromatic N) is 1. The van der Waals surface area contributed by atoms with E-state index >= 15 is 0 Å². The van der Waals surface area contributed by atoms with Crippen LogP contribution in [-0.4, -0.2) is 71.0 Å². The van der Waals surface area contributed by atoms with Gasteiger partial charge in [0.1, 0.15) is 6.61 Å². The molecule has 0 amide bonds. The first-order valence-electron chi connectivity index (χ1n) is 11.7. The minimum absolute atomic E-state index is 0.00772. The van der Waals surface area contributed by atoms with Crippen LogP contribution in [0, 0.1) is 5.82 Å². The van der Waals surface area contributed by atoms with Crippen LogP contribution in [0.4, 0.5) is 4.39 Å². The Morgan fingerprint density at radius 1 is 1.30 bits per heavy atom. The van der Waals surface area contributed by atoms with Crippen LogP contribution in [0.3, 0.4) is 0 Å². The van der Waals surface area contributed by atoms with Crippen LogP contribution in [0.25, 0.3) is 0 Å². The number of halogens is 1. The fraction of sp³-hybridized carbons (Fsp3) is 0.696. The van der Waals surface area contributed by atoms with Crippen LogP contribution in [0.15, 0.2) is 18.2 Å². The number of likely N-dealkylation sites (N-methyl/N-ethyl adjacent to an activating group) is 1. The number of likely N-dealkylation sites (tertiary alicyclic amines) is 1. The molecule has 2 atom stereocenters. The van der Waals surface area contributed by atoms with E-state index in [0.717, 1.165) is 32.2 Å². The highest BCUT2D eigenvalue weighted by Gasteiger charge is 2.22. The molecule has 188 valence electrons. The Morgan fingerprint density at radius 2 is 2.09 bits per heavy atom. The van der Waals surface area contributed by atoms with Gasteiger partial charge in [-0.1, -0.05) is 12.5 Å². The number of hydrogen-bond donors (Lipinski definition) is 2. The lowest BCUT2D eigenvalue weighted by molar-refractivity contribution is -0.141. The van der Waals surface area contributed by atoms with E-state index in [1.54, 1.807) is 26.0 Å². The number of unbranched alkanes of at least 4 members (excludes halogenated alkanes) is 2. The van der Waals surface area contributed by atoms with Gasteiger partial charge in [-0.15, -0.1) is 0 Å². The first-order chi connectivity index (χ1) is 15.7. The van der Waals surface area contributed by atoms with Gasteiger partial charge in [-0.05, 0) is 77.4 Å². The van der Waals surface area contributed by atoms with E-state index in [1.807, 2.05) is 7.05 Å². The molecule has 0 spiro atoms. The molecule has 1 aromatic rings. The number of esters is 1. The minimum Gasteiger partial charge on any atom is -0.489 e. The van der Waals surface area contributed by atoms with Crippen molar-refractivity contribution in [1.29, 1.82) is 0 Å². The molecule has 0 aliphatic carbocycles. The van der Waals surface area contributed by atoms with E-state index in [1.165, 1.54) is 6.07 Å². The smallest absolute Gasteiger partial charge is 0.319 e. The van der Waals surface area contributed by atoms with Gasteiger partial charge in [-0.3, -0.25) is 4.79 Å². The van der Waals surface area contributed by atoms with E-state index in [-0.39, 0.29) is 30.1 Å². The summed E-state index contributed by atoms with van der Waals surface area (Å²) in [5.41, 5.74) is 0.651. The van der Waals surface area contributed by atoms with Crippen molar-refractivity contribution in [3.63, 3.8) is 0 Å². The van der Waals surface area contributed by atoms with E-state index in [4.69, 9.17) is 9.47 Å². The van der Waals surface area contributed by atoms with Gasteiger partial charge in [0, 0.05) is 12.1 Å². The van der Waals surface area contributed by atoms with Gasteiger partial charge in [0.25, 0.3) is 0 Å². The van der Waals surface area contributed by atoms with E-state index in [2.05, 4.69) is 14.9 Å². The van der Waals surface area contributed by atoms with Gasteiger partial charge in [0.05, 0.1) is 18.9 Å². The fourth-order valence-corrected chi connectivity index (χ4v) is 5.17. The Bertz CT molecular complexity index is 852. The highest BCUT2D eigenvalue weighted by molar-refractivity contribution is 7.89. The molecule has 0 radical (unpaired) electrons. The third kappa shape index (κ3) is 9.95. The second kappa shape index (κ2) is 13.8. The topological polar surface area (TPSA) is 97.0 Å². The van der Waals surface area contributed by atoms with Crippen LogP contribution in [0.1, 0.15) is 57.6 Å². The summed E-state index contributed by atoms with van der Waals surface area (Å²) in [6.07, 6.45) is 4.12. The van der Waals surface area contributed by atoms with Gasteiger partial charge < -0.3 is 19.7 Å². The molecule has 0 aromatic heterocycles. The number of rotatable bonds is 15. The zero-order chi connectivity index (χ0) is 24.3. The van der Waals surface area contributed by atoms with Crippen molar-refractivity contribution in [3.05, 3.63) is 29.6 Å². The minimum atomic E-state index is -3.48. The molecular weight excluding hydrogens is 449 g/mol. The Kier molecular flexibility index (Phi) is 11.5. The molecule has 0 bridgehead atoms. The SMILES string of the molecule is CCOC(=O)CNCCCCCS(=O)(=O)N[C@H](C)c1ccc(F)c(OC[C@@H]2CCCN2C)c1. The van der Waals surface area contributed by atoms with Gasteiger partial charge >= 0.3 is 5.97 Å². The number of carbonyl (C=O) groups is 1. The van der Waals surface area contributed by atoms with Gasteiger partial charge in [-0.25, -0.2) is 17.5 Å². The predicted molar refractivity (Wildman–Crippen MR) is 126 cm³/mol. The quantitative estimate of drug-likeness (QED) is 0.290. The lowest BCUT2D eigenvalue weighted by Crippen LogP contribution is -2.31. The molecule has 1 fully saturated rings. The van der Waals surface area contributed by atoms with Gasteiger partial charge in [0.15, 0.2) is 11.6 Å². The van der Waals surface area contributed by atoms with Gasteiger partial charge in [-0.2, -0.15) is 0 Å². The van der Waals surface area contributed by atoms with Crippen molar-refractivity contribution in [2.24, 2.45) is 0 Å². The summed E-state index contributed by atoms with van der Waals surface area (Å²) >= 11 is 0. The summed E-state index contributed by atoms with van der Waals surface area (Å²) in [4.78, 5) is 13.4. The lowest BCUT2D eigenvalue weighted by Gasteiger charge is -2.21. The highest BCUT2D eigenvalue weighted by atomic mass is 32.2. The van der Waals surface area contributed by atoms with Crippen LogP contribution in [0.5, 0.6) is 5.75 Å². The van der Waals surface area contributed by atoms with E-state index < -0.39 is 21.9 Å². The molecular formula is C23H38FN3O5S. The Labute approximate surface area is 197 Å². The van der Waals surface area contributed by atoms with Crippen molar-refractivity contribution >= 4 is 16.0 Å². The second-order valence-electron chi connectivity index (χ2n) is 8.48. The number of sulfonamides is 1. The molecule has 2 rings (SSSR count). The molecule has 0 unspecified atom stereocenters. The summed E-state index contributed by atoms with van der Waals surface area (Å²) < 4.78 is 52.3. The molecule has 1 heterocycles. The number of ether oxygens (including phenoxy) is 2. The maximum absolute atomic E-state index is 14.2. The van der Waals surface area contributed by atoms with Crippen molar-refractivity contribution in [2.45, 2.75) is 58.0 Å². The Morgan fingerprint density at radius 3 is 2.79 bits per heavy atom. The first kappa shape index (κ1) is 27.5. The molecule has 8 nitrogen and oxygen atoms in total. The van der Waals surface area contributed by atoms with Crippen LogP contribution in [0.2, 0.25) is 0 Å². The zero-order valence-electron chi connectivity index (χ0n) is 19.9. The summed E-state index contributed by atoms with van der Waals surface area (Å²) in [5, 5.41) is 2.98. The summed E-state index contributed by atoms with van der Waals surface area (Å²) in [5.74, 6) is -0.591. The Hall–Kier alpha value is -1.75. The van der Waals surface area contributed by atoms with Crippen molar-refractivity contribution in [1.82, 2.24) is 14.9 Å². The van der Waals surface area contributed by atoms with E-state index in [0.29, 0.717) is 31.7 Å².